The van der Waals surface area contributed by atoms with Gasteiger partial charge in [0.15, 0.2) is 6.29 Å². The van der Waals surface area contributed by atoms with Crippen molar-refractivity contribution in [3.63, 3.8) is 0 Å². The van der Waals surface area contributed by atoms with Crippen LogP contribution in [-0.2, 0) is 9.47 Å². The van der Waals surface area contributed by atoms with Gasteiger partial charge in [0.25, 0.3) is 0 Å². The molecule has 0 aliphatic rings. The van der Waals surface area contributed by atoms with Crippen LogP contribution in [0.1, 0.15) is 13.8 Å². The molecule has 0 fully saturated rings. The fourth-order valence-electron chi connectivity index (χ4n) is 1.43. The fourth-order valence-corrected chi connectivity index (χ4v) is 1.84. The average Bonchev–Trinajstić information content (AvgIpc) is 2.28. The number of nitrogens with one attached hydrogen (secondary N) is 1. The van der Waals surface area contributed by atoms with Crippen LogP contribution >= 0.6 is 15.9 Å². The van der Waals surface area contributed by atoms with Gasteiger partial charge in [-0.05, 0) is 26.0 Å². The largest absolute Gasteiger partial charge is 0.375 e. The lowest BCUT2D eigenvalue weighted by Crippen LogP contribution is -2.27. The van der Waals surface area contributed by atoms with Crippen LogP contribution < -0.4 is 5.32 Å². The molecule has 0 aliphatic carbocycles. The van der Waals surface area contributed by atoms with Crippen LogP contribution in [0.3, 0.4) is 0 Å². The highest BCUT2D eigenvalue weighted by Crippen LogP contribution is 2.23. The van der Waals surface area contributed by atoms with Crippen LogP contribution in [0, 0.1) is 11.6 Å². The summed E-state index contributed by atoms with van der Waals surface area (Å²) < 4.78 is 37.9. The molecule has 0 radical (unpaired) electrons. The van der Waals surface area contributed by atoms with Crippen molar-refractivity contribution >= 4 is 21.6 Å². The van der Waals surface area contributed by atoms with Gasteiger partial charge in [0.05, 0.1) is 6.54 Å². The van der Waals surface area contributed by atoms with Crippen LogP contribution in [0.25, 0.3) is 0 Å². The minimum Gasteiger partial charge on any atom is -0.375 e. The number of anilines is 1. The van der Waals surface area contributed by atoms with Gasteiger partial charge in [0, 0.05) is 17.7 Å². The van der Waals surface area contributed by atoms with Crippen molar-refractivity contribution in [2.24, 2.45) is 0 Å². The van der Waals surface area contributed by atoms with E-state index in [0.717, 1.165) is 0 Å². The summed E-state index contributed by atoms with van der Waals surface area (Å²) in [4.78, 5) is 0. The highest BCUT2D eigenvalue weighted by Gasteiger charge is 2.13. The third-order valence-electron chi connectivity index (χ3n) is 2.16. The van der Waals surface area contributed by atoms with E-state index in [9.17, 15) is 8.78 Å². The maximum atomic E-state index is 13.5. The van der Waals surface area contributed by atoms with E-state index in [2.05, 4.69) is 21.2 Å². The van der Waals surface area contributed by atoms with E-state index >= 15 is 0 Å². The summed E-state index contributed by atoms with van der Waals surface area (Å²) in [6.07, 6.45) is -0.526. The van der Waals surface area contributed by atoms with Gasteiger partial charge >= 0.3 is 0 Å². The monoisotopic (exact) mass is 323 g/mol. The van der Waals surface area contributed by atoms with Crippen LogP contribution in [0.2, 0.25) is 0 Å². The van der Waals surface area contributed by atoms with Gasteiger partial charge in [0.1, 0.15) is 17.3 Å². The van der Waals surface area contributed by atoms with Crippen molar-refractivity contribution in [3.05, 3.63) is 28.2 Å². The van der Waals surface area contributed by atoms with Crippen molar-refractivity contribution in [1.29, 1.82) is 0 Å². The van der Waals surface area contributed by atoms with E-state index in [0.29, 0.717) is 17.7 Å². The lowest BCUT2D eigenvalue weighted by molar-refractivity contribution is -0.126. The second kappa shape index (κ2) is 7.66. The summed E-state index contributed by atoms with van der Waals surface area (Å²) in [6.45, 7) is 4.77. The number of benzene rings is 1. The number of hydrogen-bond donors (Lipinski definition) is 1. The van der Waals surface area contributed by atoms with Gasteiger partial charge in [-0.15, -0.1) is 0 Å². The molecule has 0 amide bonds. The molecule has 0 saturated carbocycles. The van der Waals surface area contributed by atoms with Crippen LogP contribution in [0.4, 0.5) is 14.5 Å². The third-order valence-corrected chi connectivity index (χ3v) is 2.62. The summed E-state index contributed by atoms with van der Waals surface area (Å²) in [5.41, 5.74) is -0.178. The first kappa shape index (κ1) is 15.3. The molecule has 0 aromatic heterocycles. The molecule has 102 valence electrons. The topological polar surface area (TPSA) is 30.5 Å². The Morgan fingerprint density at radius 1 is 1.17 bits per heavy atom. The van der Waals surface area contributed by atoms with Crippen LogP contribution in [0.5, 0.6) is 0 Å². The maximum Gasteiger partial charge on any atom is 0.174 e. The van der Waals surface area contributed by atoms with Crippen molar-refractivity contribution in [3.8, 4) is 0 Å². The van der Waals surface area contributed by atoms with Crippen molar-refractivity contribution in [2.75, 3.05) is 25.1 Å². The molecule has 0 heterocycles. The molecule has 0 spiro atoms. The molecule has 0 unspecified atom stereocenters. The maximum absolute atomic E-state index is 13.5. The normalized spacial score (nSPS) is 11.0. The van der Waals surface area contributed by atoms with E-state index in [-0.39, 0.29) is 12.2 Å². The molecule has 1 N–H and O–H groups in total. The predicted octanol–water partition coefficient (Wildman–Crippen LogP) is 3.54. The second-order valence-corrected chi connectivity index (χ2v) is 4.38. The average molecular weight is 324 g/mol. The van der Waals surface area contributed by atoms with Crippen molar-refractivity contribution in [2.45, 2.75) is 20.1 Å². The molecule has 0 bridgehead atoms. The molecule has 18 heavy (non-hydrogen) atoms. The fraction of sp³-hybridized carbons (Fsp3) is 0.500. The van der Waals surface area contributed by atoms with Gasteiger partial charge in [-0.25, -0.2) is 8.78 Å². The van der Waals surface area contributed by atoms with Crippen LogP contribution in [-0.4, -0.2) is 26.0 Å². The Hall–Kier alpha value is -0.720. The molecule has 1 aromatic rings. The smallest absolute Gasteiger partial charge is 0.174 e. The lowest BCUT2D eigenvalue weighted by atomic mass is 10.3. The Balaban J connectivity index is 2.66. The molecule has 0 atom stereocenters. The van der Waals surface area contributed by atoms with E-state index in [1.165, 1.54) is 12.1 Å². The lowest BCUT2D eigenvalue weighted by Gasteiger charge is -2.18. The first-order chi connectivity index (χ1) is 8.58. The zero-order chi connectivity index (χ0) is 13.5. The van der Waals surface area contributed by atoms with Gasteiger partial charge in [0.2, 0.25) is 0 Å². The highest BCUT2D eigenvalue weighted by atomic mass is 79.9. The summed E-state index contributed by atoms with van der Waals surface area (Å²) in [6, 6.07) is 2.39. The summed E-state index contributed by atoms with van der Waals surface area (Å²) >= 11 is 3.02. The number of halogens is 3. The molecule has 1 rings (SSSR count). The highest BCUT2D eigenvalue weighted by molar-refractivity contribution is 9.10. The quantitative estimate of drug-likeness (QED) is 0.778. The molecule has 1 aromatic carbocycles. The third kappa shape index (κ3) is 4.51. The Morgan fingerprint density at radius 3 is 2.11 bits per heavy atom. The molecule has 0 saturated heterocycles. The molecular formula is C12H16BrF2NO2. The van der Waals surface area contributed by atoms with Gasteiger partial charge in [-0.1, -0.05) is 15.9 Å². The molecule has 3 nitrogen and oxygen atoms in total. The molecular weight excluding hydrogens is 308 g/mol. The Labute approximate surface area is 114 Å². The predicted molar refractivity (Wildman–Crippen MR) is 69.6 cm³/mol. The van der Waals surface area contributed by atoms with Crippen molar-refractivity contribution in [1.82, 2.24) is 0 Å². The Kier molecular flexibility index (Phi) is 6.52. The summed E-state index contributed by atoms with van der Waals surface area (Å²) in [7, 11) is 0. The van der Waals surface area contributed by atoms with E-state index < -0.39 is 17.9 Å². The zero-order valence-corrected chi connectivity index (χ0v) is 11.9. The van der Waals surface area contributed by atoms with Crippen molar-refractivity contribution < 1.29 is 18.3 Å². The van der Waals surface area contributed by atoms with E-state index in [1.54, 1.807) is 0 Å². The molecule has 6 heteroatoms. The number of ether oxygens (including phenoxy) is 2. The zero-order valence-electron chi connectivity index (χ0n) is 10.3. The van der Waals surface area contributed by atoms with Gasteiger partial charge in [-0.2, -0.15) is 0 Å². The standard InChI is InChI=1S/C12H16BrF2NO2/c1-3-17-11(18-4-2)7-16-12-9(14)5-8(13)6-10(12)15/h5-6,11,16H,3-4,7H2,1-2H3. The minimum absolute atomic E-state index is 0.178. The minimum atomic E-state index is -0.659. The Bertz CT molecular complexity index is 361. The summed E-state index contributed by atoms with van der Waals surface area (Å²) in [5, 5.41) is 2.66. The first-order valence-corrected chi connectivity index (χ1v) is 6.49. The van der Waals surface area contributed by atoms with Gasteiger partial charge in [-0.3, -0.25) is 0 Å². The Morgan fingerprint density at radius 2 is 1.67 bits per heavy atom. The second-order valence-electron chi connectivity index (χ2n) is 3.47. The first-order valence-electron chi connectivity index (χ1n) is 5.70. The van der Waals surface area contributed by atoms with E-state index in [1.807, 2.05) is 13.8 Å². The molecule has 0 aliphatic heterocycles. The summed E-state index contributed by atoms with van der Waals surface area (Å²) in [5.74, 6) is -1.32. The van der Waals surface area contributed by atoms with E-state index in [4.69, 9.17) is 9.47 Å². The van der Waals surface area contributed by atoms with Crippen LogP contribution in [0.15, 0.2) is 16.6 Å². The number of rotatable bonds is 7. The van der Waals surface area contributed by atoms with Gasteiger partial charge < -0.3 is 14.8 Å². The number of hydrogen-bond acceptors (Lipinski definition) is 3. The SMILES string of the molecule is CCOC(CNc1c(F)cc(Br)cc1F)OCC.